The van der Waals surface area contributed by atoms with Gasteiger partial charge in [0.15, 0.2) is 11.6 Å². The van der Waals surface area contributed by atoms with Crippen molar-refractivity contribution < 1.29 is 23.9 Å². The molecule has 0 aliphatic carbocycles. The molecular formula is C29H27ClFN3O4. The van der Waals surface area contributed by atoms with Crippen molar-refractivity contribution in [2.24, 2.45) is 0 Å². The predicted octanol–water partition coefficient (Wildman–Crippen LogP) is 5.15. The Morgan fingerprint density at radius 3 is 2.37 bits per heavy atom. The summed E-state index contributed by atoms with van der Waals surface area (Å²) in [7, 11) is 1.40. The molecule has 0 aliphatic rings. The number of aromatic nitrogens is 1. The van der Waals surface area contributed by atoms with Crippen molar-refractivity contribution in [1.82, 2.24) is 9.47 Å². The second-order valence-corrected chi connectivity index (χ2v) is 9.48. The average molecular weight is 536 g/mol. The number of para-hydroxylation sites is 1. The Balaban J connectivity index is 1.57. The van der Waals surface area contributed by atoms with Crippen molar-refractivity contribution in [3.05, 3.63) is 89.3 Å². The number of carbonyl (C=O) groups excluding carboxylic acids is 3. The van der Waals surface area contributed by atoms with Gasteiger partial charge in [0.2, 0.25) is 11.8 Å². The molecule has 3 aromatic carbocycles. The third-order valence-corrected chi connectivity index (χ3v) is 6.76. The van der Waals surface area contributed by atoms with Gasteiger partial charge in [0, 0.05) is 45.9 Å². The minimum atomic E-state index is -1.31. The Morgan fingerprint density at radius 1 is 1.03 bits per heavy atom. The fraction of sp³-hybridized carbons (Fsp3) is 0.207. The topological polar surface area (TPSA) is 91.6 Å². The van der Waals surface area contributed by atoms with Gasteiger partial charge >= 0.3 is 0 Å². The molecule has 38 heavy (non-hydrogen) atoms. The van der Waals surface area contributed by atoms with Gasteiger partial charge in [0.25, 0.3) is 0 Å². The number of Topliss-reactive ketones (excluding diaryl/α,β-unsaturated/α-hetero) is 1. The molecule has 0 spiro atoms. The summed E-state index contributed by atoms with van der Waals surface area (Å²) in [5.41, 5.74) is 1.73. The van der Waals surface area contributed by atoms with Crippen molar-refractivity contribution in [1.29, 1.82) is 0 Å². The summed E-state index contributed by atoms with van der Waals surface area (Å²) in [5, 5.41) is 14.0. The number of halogens is 2. The highest BCUT2D eigenvalue weighted by Crippen LogP contribution is 2.32. The first-order chi connectivity index (χ1) is 18.1. The Morgan fingerprint density at radius 2 is 1.68 bits per heavy atom. The molecule has 0 saturated heterocycles. The Hall–Kier alpha value is -4.01. The van der Waals surface area contributed by atoms with Crippen LogP contribution < -0.4 is 5.32 Å². The van der Waals surface area contributed by atoms with E-state index in [4.69, 9.17) is 11.6 Å². The van der Waals surface area contributed by atoms with Crippen LogP contribution >= 0.6 is 11.6 Å². The summed E-state index contributed by atoms with van der Waals surface area (Å²) >= 11 is 6.23. The lowest BCUT2D eigenvalue weighted by molar-refractivity contribution is -0.140. The summed E-state index contributed by atoms with van der Waals surface area (Å²) in [5.74, 6) is -2.06. The van der Waals surface area contributed by atoms with E-state index >= 15 is 4.39 Å². The fourth-order valence-corrected chi connectivity index (χ4v) is 4.75. The van der Waals surface area contributed by atoms with Gasteiger partial charge in [-0.3, -0.25) is 14.4 Å². The number of nitrogens with one attached hydrogen (secondary N) is 1. The van der Waals surface area contributed by atoms with Crippen molar-refractivity contribution in [2.75, 3.05) is 12.4 Å². The quantitative estimate of drug-likeness (QED) is 0.305. The van der Waals surface area contributed by atoms with E-state index in [0.29, 0.717) is 27.1 Å². The molecule has 0 bridgehead atoms. The van der Waals surface area contributed by atoms with Crippen LogP contribution in [0.15, 0.2) is 72.9 Å². The highest BCUT2D eigenvalue weighted by Gasteiger charge is 2.32. The maximum absolute atomic E-state index is 15.4. The first-order valence-corrected chi connectivity index (χ1v) is 12.3. The monoisotopic (exact) mass is 535 g/mol. The Bertz CT molecular complexity index is 1530. The van der Waals surface area contributed by atoms with Gasteiger partial charge in [-0.1, -0.05) is 60.1 Å². The number of amides is 2. The molecule has 1 heterocycles. The maximum atomic E-state index is 15.4. The van der Waals surface area contributed by atoms with E-state index in [9.17, 15) is 19.5 Å². The third kappa shape index (κ3) is 5.32. The zero-order chi connectivity index (χ0) is 27.6. The van der Waals surface area contributed by atoms with Crippen LogP contribution in [0.4, 0.5) is 10.1 Å². The van der Waals surface area contributed by atoms with E-state index in [2.05, 4.69) is 5.32 Å². The number of hydrogen-bond acceptors (Lipinski definition) is 4. The zero-order valence-electron chi connectivity index (χ0n) is 21.1. The van der Waals surface area contributed by atoms with Gasteiger partial charge in [-0.15, -0.1) is 0 Å². The summed E-state index contributed by atoms with van der Waals surface area (Å²) < 4.78 is 17.0. The van der Waals surface area contributed by atoms with Gasteiger partial charge in [-0.05, 0) is 32.0 Å². The molecule has 4 rings (SSSR count). The third-order valence-electron chi connectivity index (χ3n) is 6.43. The summed E-state index contributed by atoms with van der Waals surface area (Å²) in [6, 6.07) is 17.2. The van der Waals surface area contributed by atoms with Crippen LogP contribution in [-0.2, 0) is 16.1 Å². The smallest absolute Gasteiger partial charge is 0.249 e. The van der Waals surface area contributed by atoms with Crippen LogP contribution in [0.3, 0.4) is 0 Å². The van der Waals surface area contributed by atoms with Crippen LogP contribution in [0.5, 0.6) is 0 Å². The van der Waals surface area contributed by atoms with Crippen LogP contribution in [0.1, 0.15) is 24.2 Å². The van der Waals surface area contributed by atoms with Crippen molar-refractivity contribution in [3.63, 3.8) is 0 Å². The van der Waals surface area contributed by atoms with Crippen LogP contribution in [0.2, 0.25) is 5.02 Å². The van der Waals surface area contributed by atoms with Gasteiger partial charge < -0.3 is 19.9 Å². The Labute approximate surface area is 224 Å². The number of likely N-dealkylation sites (N-methyl/N-ethyl adjacent to an activating group) is 1. The van der Waals surface area contributed by atoms with E-state index in [-0.39, 0.29) is 23.6 Å². The van der Waals surface area contributed by atoms with Gasteiger partial charge in [-0.25, -0.2) is 4.39 Å². The molecule has 0 unspecified atom stereocenters. The molecule has 2 atom stereocenters. The molecule has 2 amide bonds. The molecule has 0 aliphatic heterocycles. The number of nitrogens with zero attached hydrogens (tertiary/aromatic N) is 2. The summed E-state index contributed by atoms with van der Waals surface area (Å²) in [4.78, 5) is 39.6. The van der Waals surface area contributed by atoms with Crippen LogP contribution in [0, 0.1) is 5.82 Å². The first-order valence-electron chi connectivity index (χ1n) is 12.0. The number of benzene rings is 3. The lowest BCUT2D eigenvalue weighted by Gasteiger charge is -2.29. The predicted molar refractivity (Wildman–Crippen MR) is 146 cm³/mol. The molecule has 7 nitrogen and oxygen atoms in total. The highest BCUT2D eigenvalue weighted by molar-refractivity contribution is 6.33. The summed E-state index contributed by atoms with van der Waals surface area (Å²) in [6.07, 6.45) is 0.346. The molecule has 0 saturated carbocycles. The van der Waals surface area contributed by atoms with E-state index in [0.717, 1.165) is 4.90 Å². The standard InChI is InChI=1S/C29H27ClFN3O4/c1-17(35)22-15-34(25-14-7-5-10-20(22)25)16-26(37)33(3)28(18(2)36)29(38)32-24-13-8-11-21(27(24)31)19-9-4-6-12-23(19)30/h4-15,18,28,36H,16H2,1-3H3,(H,32,38)/t18-,28+/m0/s1. The fourth-order valence-electron chi connectivity index (χ4n) is 4.51. The second kappa shape index (κ2) is 11.2. The Kier molecular flexibility index (Phi) is 7.94. The van der Waals surface area contributed by atoms with Crippen molar-refractivity contribution in [3.8, 4) is 11.1 Å². The van der Waals surface area contributed by atoms with Crippen LogP contribution in [-0.4, -0.2) is 51.4 Å². The molecule has 9 heteroatoms. The number of anilines is 1. The number of carbonyl (C=O) groups is 3. The summed E-state index contributed by atoms with van der Waals surface area (Å²) in [6.45, 7) is 2.66. The van der Waals surface area contributed by atoms with Crippen LogP contribution in [0.25, 0.3) is 22.0 Å². The number of aliphatic hydroxyl groups excluding tert-OH is 1. The number of ketones is 1. The number of aliphatic hydroxyl groups is 1. The molecule has 1 aromatic heterocycles. The van der Waals surface area contributed by atoms with Gasteiger partial charge in [-0.2, -0.15) is 0 Å². The minimum absolute atomic E-state index is 0.110. The van der Waals surface area contributed by atoms with Gasteiger partial charge in [0.1, 0.15) is 12.6 Å². The molecule has 196 valence electrons. The minimum Gasteiger partial charge on any atom is -0.391 e. The largest absolute Gasteiger partial charge is 0.391 e. The van der Waals surface area contributed by atoms with Gasteiger partial charge in [0.05, 0.1) is 11.8 Å². The normalized spacial score (nSPS) is 12.7. The molecule has 0 radical (unpaired) electrons. The maximum Gasteiger partial charge on any atom is 0.249 e. The number of fused-ring (bicyclic) bond motifs is 1. The van der Waals surface area contributed by atoms with Crippen molar-refractivity contribution >= 4 is 45.8 Å². The second-order valence-electron chi connectivity index (χ2n) is 9.07. The number of rotatable bonds is 8. The lowest BCUT2D eigenvalue weighted by Crippen LogP contribution is -2.51. The number of hydrogen-bond donors (Lipinski definition) is 2. The van der Waals surface area contributed by atoms with E-state index in [1.165, 1.54) is 27.0 Å². The first kappa shape index (κ1) is 27.0. The van der Waals surface area contributed by atoms with Crippen molar-refractivity contribution in [2.45, 2.75) is 32.5 Å². The molecular weight excluding hydrogens is 509 g/mol. The lowest BCUT2D eigenvalue weighted by atomic mass is 10.0. The van der Waals surface area contributed by atoms with E-state index in [1.807, 2.05) is 0 Å². The van der Waals surface area contributed by atoms with E-state index in [1.54, 1.807) is 71.4 Å². The van der Waals surface area contributed by atoms with E-state index < -0.39 is 29.8 Å². The average Bonchev–Trinajstić information content (AvgIpc) is 3.24. The molecule has 4 aromatic rings. The zero-order valence-corrected chi connectivity index (χ0v) is 21.9. The highest BCUT2D eigenvalue weighted by atomic mass is 35.5. The SMILES string of the molecule is CC(=O)c1cn(CC(=O)N(C)[C@@H](C(=O)Nc2cccc(-c3ccccc3Cl)c2F)[C@H](C)O)c2ccccc12. The molecule has 0 fully saturated rings. The molecule has 2 N–H and O–H groups in total.